The maximum Gasteiger partial charge on any atom is 0.335 e. The molecule has 30 heavy (non-hydrogen) atoms. The van der Waals surface area contributed by atoms with Crippen molar-refractivity contribution in [3.8, 4) is 5.75 Å². The molecule has 0 bridgehead atoms. The highest BCUT2D eigenvalue weighted by molar-refractivity contribution is 5.87. The molecule has 1 aliphatic heterocycles. The van der Waals surface area contributed by atoms with E-state index in [1.165, 1.54) is 44.9 Å². The van der Waals surface area contributed by atoms with Gasteiger partial charge in [0, 0.05) is 11.1 Å². The van der Waals surface area contributed by atoms with Gasteiger partial charge in [-0.15, -0.1) is 0 Å². The first-order valence-corrected chi connectivity index (χ1v) is 11.7. The van der Waals surface area contributed by atoms with Gasteiger partial charge in [-0.05, 0) is 84.2 Å². The molecular formula is C26H45NO3. The van der Waals surface area contributed by atoms with Crippen molar-refractivity contribution in [3.05, 3.63) is 29.8 Å². The largest absolute Gasteiger partial charge is 0.494 e. The Morgan fingerprint density at radius 2 is 1.50 bits per heavy atom. The van der Waals surface area contributed by atoms with Crippen LogP contribution in [0.15, 0.2) is 24.3 Å². The summed E-state index contributed by atoms with van der Waals surface area (Å²) in [6, 6.07) is 6.55. The van der Waals surface area contributed by atoms with Crippen molar-refractivity contribution in [2.75, 3.05) is 13.7 Å². The van der Waals surface area contributed by atoms with E-state index in [4.69, 9.17) is 9.84 Å². The Labute approximate surface area is 185 Å². The third-order valence-electron chi connectivity index (χ3n) is 6.38. The first-order valence-electron chi connectivity index (χ1n) is 11.7. The van der Waals surface area contributed by atoms with Gasteiger partial charge in [0.15, 0.2) is 0 Å². The molecule has 1 aromatic carbocycles. The highest BCUT2D eigenvalue weighted by Gasteiger charge is 2.41. The summed E-state index contributed by atoms with van der Waals surface area (Å²) in [5, 5.41) is 8.75. The lowest BCUT2D eigenvalue weighted by Crippen LogP contribution is -2.58. The summed E-state index contributed by atoms with van der Waals surface area (Å²) in [5.41, 5.74) is 1.05. The number of nitrogens with zero attached hydrogens (tertiary/aromatic N) is 1. The average molecular weight is 420 g/mol. The molecule has 1 N–H and O–H groups in total. The van der Waals surface area contributed by atoms with Crippen LogP contribution in [0.4, 0.5) is 0 Å². The summed E-state index contributed by atoms with van der Waals surface area (Å²) in [7, 11) is 2.26. The highest BCUT2D eigenvalue weighted by atomic mass is 16.5. The van der Waals surface area contributed by atoms with Crippen LogP contribution in [0.2, 0.25) is 0 Å². The van der Waals surface area contributed by atoms with Crippen molar-refractivity contribution in [2.24, 2.45) is 5.92 Å². The molecule has 0 saturated carbocycles. The standard InChI is InChI=1S/C15H22O3.C11H23N/c1-2-3-4-5-6-7-12-18-14-10-8-13(9-11-14)15(16)17;1-9-7-10(2,3)12(6)11(4,5)8-9/h8-11H,2-7,12H2,1H3,(H,16,17);9H,7-8H2,1-6H3. The van der Waals surface area contributed by atoms with Crippen molar-refractivity contribution in [1.29, 1.82) is 0 Å². The zero-order valence-corrected chi connectivity index (χ0v) is 20.5. The third-order valence-corrected chi connectivity index (χ3v) is 6.38. The second-order valence-electron chi connectivity index (χ2n) is 10.1. The van der Waals surface area contributed by atoms with E-state index in [0.29, 0.717) is 23.2 Å². The number of hydrogen-bond donors (Lipinski definition) is 1. The van der Waals surface area contributed by atoms with Crippen molar-refractivity contribution in [1.82, 2.24) is 4.90 Å². The summed E-state index contributed by atoms with van der Waals surface area (Å²) in [5.74, 6) is 0.706. The molecular weight excluding hydrogens is 374 g/mol. The summed E-state index contributed by atoms with van der Waals surface area (Å²) in [6.45, 7) is 14.7. The van der Waals surface area contributed by atoms with Crippen LogP contribution >= 0.6 is 0 Å². The lowest BCUT2D eigenvalue weighted by atomic mass is 9.75. The number of ether oxygens (including phenoxy) is 1. The van der Waals surface area contributed by atoms with Gasteiger partial charge in [0.2, 0.25) is 0 Å². The van der Waals surface area contributed by atoms with E-state index in [2.05, 4.69) is 53.5 Å². The summed E-state index contributed by atoms with van der Waals surface area (Å²) >= 11 is 0. The number of piperidine rings is 1. The minimum Gasteiger partial charge on any atom is -0.494 e. The zero-order valence-electron chi connectivity index (χ0n) is 20.5. The van der Waals surface area contributed by atoms with Crippen LogP contribution in [-0.2, 0) is 0 Å². The van der Waals surface area contributed by atoms with E-state index < -0.39 is 5.97 Å². The lowest BCUT2D eigenvalue weighted by Gasteiger charge is -2.53. The molecule has 0 aromatic heterocycles. The Hall–Kier alpha value is -1.55. The number of carboxylic acids is 1. The molecule has 0 amide bonds. The second-order valence-corrected chi connectivity index (χ2v) is 10.1. The average Bonchev–Trinajstić information content (AvgIpc) is 2.65. The topological polar surface area (TPSA) is 49.8 Å². The molecule has 1 aromatic rings. The molecule has 1 aliphatic rings. The monoisotopic (exact) mass is 419 g/mol. The van der Waals surface area contributed by atoms with Crippen LogP contribution in [0.1, 0.15) is 103 Å². The maximum absolute atomic E-state index is 10.7. The Balaban J connectivity index is 0.000000325. The summed E-state index contributed by atoms with van der Waals surface area (Å²) in [4.78, 5) is 13.2. The van der Waals surface area contributed by atoms with E-state index in [-0.39, 0.29) is 0 Å². The van der Waals surface area contributed by atoms with E-state index in [9.17, 15) is 4.79 Å². The smallest absolute Gasteiger partial charge is 0.335 e. The molecule has 0 aliphatic carbocycles. The molecule has 1 fully saturated rings. The minimum absolute atomic E-state index is 0.293. The molecule has 1 saturated heterocycles. The number of likely N-dealkylation sites (tertiary alicyclic amines) is 1. The van der Waals surface area contributed by atoms with Gasteiger partial charge >= 0.3 is 5.97 Å². The number of hydrogen-bond acceptors (Lipinski definition) is 3. The Morgan fingerprint density at radius 3 is 2.00 bits per heavy atom. The first-order chi connectivity index (χ1) is 14.0. The van der Waals surface area contributed by atoms with E-state index in [1.807, 2.05) is 0 Å². The minimum atomic E-state index is -0.905. The van der Waals surface area contributed by atoms with E-state index in [0.717, 1.165) is 18.1 Å². The number of benzene rings is 1. The van der Waals surface area contributed by atoms with Crippen molar-refractivity contribution in [2.45, 2.75) is 104 Å². The Bertz CT molecular complexity index is 604. The normalized spacial score (nSPS) is 18.4. The lowest BCUT2D eigenvalue weighted by molar-refractivity contribution is -0.0255. The van der Waals surface area contributed by atoms with Crippen LogP contribution in [0.5, 0.6) is 5.75 Å². The zero-order chi connectivity index (χ0) is 22.8. The fourth-order valence-corrected chi connectivity index (χ4v) is 4.64. The van der Waals surface area contributed by atoms with Gasteiger partial charge in [-0.3, -0.25) is 4.90 Å². The molecule has 2 rings (SSSR count). The highest BCUT2D eigenvalue weighted by Crippen LogP contribution is 2.39. The van der Waals surface area contributed by atoms with Gasteiger partial charge in [-0.1, -0.05) is 46.0 Å². The van der Waals surface area contributed by atoms with Crippen molar-refractivity contribution in [3.63, 3.8) is 0 Å². The Kier molecular flexibility index (Phi) is 10.9. The molecule has 1 heterocycles. The molecule has 0 atom stereocenters. The quantitative estimate of drug-likeness (QED) is 0.437. The number of rotatable bonds is 9. The van der Waals surface area contributed by atoms with Gasteiger partial charge < -0.3 is 9.84 Å². The van der Waals surface area contributed by atoms with Gasteiger partial charge in [-0.2, -0.15) is 0 Å². The predicted molar refractivity (Wildman–Crippen MR) is 127 cm³/mol. The summed E-state index contributed by atoms with van der Waals surface area (Å²) in [6.07, 6.45) is 10.1. The number of carbonyl (C=O) groups is 1. The van der Waals surface area contributed by atoms with E-state index in [1.54, 1.807) is 24.3 Å². The van der Waals surface area contributed by atoms with Crippen molar-refractivity contribution >= 4 is 5.97 Å². The van der Waals surface area contributed by atoms with E-state index >= 15 is 0 Å². The third kappa shape index (κ3) is 9.07. The summed E-state index contributed by atoms with van der Waals surface area (Å²) < 4.78 is 5.55. The van der Waals surface area contributed by atoms with Crippen LogP contribution < -0.4 is 4.74 Å². The van der Waals surface area contributed by atoms with Crippen LogP contribution in [-0.4, -0.2) is 40.7 Å². The fourth-order valence-electron chi connectivity index (χ4n) is 4.64. The SMILES string of the molecule is CC1CC(C)(C)N(C)C(C)(C)C1.CCCCCCCCOc1ccc(C(=O)O)cc1. The molecule has 172 valence electrons. The number of carboxylic acid groups (broad SMARTS) is 1. The fraction of sp³-hybridized carbons (Fsp3) is 0.731. The Morgan fingerprint density at radius 1 is 1.00 bits per heavy atom. The van der Waals surface area contributed by atoms with Gasteiger partial charge in [0.05, 0.1) is 12.2 Å². The molecule has 4 heteroatoms. The second kappa shape index (κ2) is 12.3. The molecule has 4 nitrogen and oxygen atoms in total. The number of aromatic carboxylic acids is 1. The maximum atomic E-state index is 10.7. The van der Waals surface area contributed by atoms with Crippen LogP contribution in [0.25, 0.3) is 0 Å². The van der Waals surface area contributed by atoms with Crippen LogP contribution in [0.3, 0.4) is 0 Å². The predicted octanol–water partition coefficient (Wildman–Crippen LogP) is 7.03. The molecule has 0 unspecified atom stereocenters. The van der Waals surface area contributed by atoms with Crippen LogP contribution in [0, 0.1) is 5.92 Å². The van der Waals surface area contributed by atoms with Gasteiger partial charge in [0.25, 0.3) is 0 Å². The van der Waals surface area contributed by atoms with Gasteiger partial charge in [-0.25, -0.2) is 4.79 Å². The molecule has 0 spiro atoms. The number of unbranched alkanes of at least 4 members (excludes halogenated alkanes) is 5. The van der Waals surface area contributed by atoms with Crippen molar-refractivity contribution < 1.29 is 14.6 Å². The molecule has 0 radical (unpaired) electrons. The van der Waals surface area contributed by atoms with Gasteiger partial charge in [0.1, 0.15) is 5.75 Å². The first kappa shape index (κ1) is 26.5.